The van der Waals surface area contributed by atoms with Gasteiger partial charge in [0, 0.05) is 18.6 Å². The minimum atomic E-state index is -0.670. The molecule has 3 heterocycles. The van der Waals surface area contributed by atoms with Crippen LogP contribution in [0.4, 0.5) is 0 Å². The first-order valence-electron chi connectivity index (χ1n) is 8.00. The van der Waals surface area contributed by atoms with E-state index in [9.17, 15) is 9.59 Å². The maximum atomic E-state index is 12.3. The highest BCUT2D eigenvalue weighted by molar-refractivity contribution is 5.96. The quantitative estimate of drug-likeness (QED) is 0.572. The molecule has 0 saturated heterocycles. The number of fused-ring (bicyclic) bond motifs is 1. The normalized spacial score (nSPS) is 11.0. The van der Waals surface area contributed by atoms with Gasteiger partial charge in [0.05, 0.1) is 6.54 Å². The monoisotopic (exact) mass is 349 g/mol. The molecule has 1 aromatic carbocycles. The first-order valence-corrected chi connectivity index (χ1v) is 8.00. The number of furan rings is 1. The van der Waals surface area contributed by atoms with E-state index in [1.54, 1.807) is 35.1 Å². The zero-order chi connectivity index (χ0) is 18.1. The molecule has 0 aliphatic rings. The number of nitrogens with zero attached hydrogens (tertiary/aromatic N) is 2. The molecule has 26 heavy (non-hydrogen) atoms. The van der Waals surface area contributed by atoms with Crippen molar-refractivity contribution in [1.29, 1.82) is 0 Å². The van der Waals surface area contributed by atoms with Gasteiger partial charge in [0.2, 0.25) is 0 Å². The number of amides is 1. The topological polar surface area (TPSA) is 90.3 Å². The number of para-hydroxylation sites is 1. The van der Waals surface area contributed by atoms with Gasteiger partial charge >= 0.3 is 5.63 Å². The van der Waals surface area contributed by atoms with Gasteiger partial charge in [0.25, 0.3) is 5.91 Å². The van der Waals surface area contributed by atoms with Gasteiger partial charge in [-0.2, -0.15) is 5.10 Å². The molecule has 1 amide bonds. The van der Waals surface area contributed by atoms with E-state index >= 15 is 0 Å². The van der Waals surface area contributed by atoms with Gasteiger partial charge in [-0.05, 0) is 30.3 Å². The van der Waals surface area contributed by atoms with E-state index in [1.807, 2.05) is 25.2 Å². The van der Waals surface area contributed by atoms with Crippen molar-refractivity contribution >= 4 is 16.9 Å². The predicted molar refractivity (Wildman–Crippen MR) is 94.6 cm³/mol. The van der Waals surface area contributed by atoms with E-state index in [1.165, 1.54) is 6.07 Å². The van der Waals surface area contributed by atoms with Gasteiger partial charge in [-0.15, -0.1) is 0 Å². The molecule has 0 saturated carbocycles. The Morgan fingerprint density at radius 3 is 2.81 bits per heavy atom. The van der Waals surface area contributed by atoms with Crippen LogP contribution in [-0.4, -0.2) is 15.7 Å². The summed E-state index contributed by atoms with van der Waals surface area (Å²) in [7, 11) is 1.82. The smallest absolute Gasteiger partial charge is 0.349 e. The van der Waals surface area contributed by atoms with E-state index < -0.39 is 11.5 Å². The Balaban J connectivity index is 1.51. The molecular weight excluding hydrogens is 334 g/mol. The van der Waals surface area contributed by atoms with Crippen LogP contribution in [0.1, 0.15) is 16.1 Å². The molecule has 0 spiro atoms. The Morgan fingerprint density at radius 1 is 1.15 bits per heavy atom. The third kappa shape index (κ3) is 2.90. The van der Waals surface area contributed by atoms with Gasteiger partial charge in [-0.1, -0.05) is 18.2 Å². The van der Waals surface area contributed by atoms with Crippen LogP contribution in [0, 0.1) is 0 Å². The molecule has 4 aromatic rings. The number of rotatable bonds is 4. The van der Waals surface area contributed by atoms with Crippen LogP contribution >= 0.6 is 0 Å². The van der Waals surface area contributed by atoms with Gasteiger partial charge in [-0.25, -0.2) is 4.79 Å². The largest absolute Gasteiger partial charge is 0.458 e. The molecule has 0 atom stereocenters. The Morgan fingerprint density at radius 2 is 2.00 bits per heavy atom. The van der Waals surface area contributed by atoms with Crippen molar-refractivity contribution in [3.8, 4) is 11.5 Å². The summed E-state index contributed by atoms with van der Waals surface area (Å²) >= 11 is 0. The molecule has 0 bridgehead atoms. The summed E-state index contributed by atoms with van der Waals surface area (Å²) in [4.78, 5) is 24.4. The number of aromatic nitrogens is 2. The Kier molecular flexibility index (Phi) is 3.89. The first-order chi connectivity index (χ1) is 12.6. The number of carbonyl (C=O) groups excluding carboxylic acids is 1. The molecule has 130 valence electrons. The lowest BCUT2D eigenvalue weighted by Crippen LogP contribution is -2.27. The average Bonchev–Trinajstić information content (AvgIpc) is 3.27. The molecule has 0 radical (unpaired) electrons. The Labute approximate surface area is 147 Å². The second kappa shape index (κ2) is 6.36. The van der Waals surface area contributed by atoms with E-state index in [0.717, 1.165) is 5.69 Å². The molecule has 0 unspecified atom stereocenters. The molecular formula is C19H15N3O4. The third-order valence-corrected chi connectivity index (χ3v) is 4.04. The van der Waals surface area contributed by atoms with Crippen LogP contribution in [0.2, 0.25) is 0 Å². The van der Waals surface area contributed by atoms with Crippen molar-refractivity contribution in [2.45, 2.75) is 6.54 Å². The van der Waals surface area contributed by atoms with Gasteiger partial charge < -0.3 is 14.2 Å². The number of hydrogen-bond acceptors (Lipinski definition) is 5. The molecule has 0 aliphatic heterocycles. The lowest BCUT2D eigenvalue weighted by molar-refractivity contribution is 0.0944. The minimum absolute atomic E-state index is 0.0397. The highest BCUT2D eigenvalue weighted by Gasteiger charge is 2.14. The average molecular weight is 349 g/mol. The van der Waals surface area contributed by atoms with Crippen LogP contribution in [0.25, 0.3) is 22.4 Å². The number of aryl methyl sites for hydroxylation is 1. The summed E-state index contributed by atoms with van der Waals surface area (Å²) in [6.45, 7) is 0.156. The summed E-state index contributed by atoms with van der Waals surface area (Å²) in [5.41, 5.74) is 0.567. The fourth-order valence-corrected chi connectivity index (χ4v) is 2.71. The van der Waals surface area contributed by atoms with E-state index in [-0.39, 0.29) is 12.1 Å². The van der Waals surface area contributed by atoms with Crippen molar-refractivity contribution in [2.24, 2.45) is 7.05 Å². The van der Waals surface area contributed by atoms with Gasteiger partial charge in [0.1, 0.15) is 22.6 Å². The summed E-state index contributed by atoms with van der Waals surface area (Å²) < 4.78 is 12.6. The highest BCUT2D eigenvalue weighted by atomic mass is 16.4. The zero-order valence-electron chi connectivity index (χ0n) is 13.9. The van der Waals surface area contributed by atoms with Crippen LogP contribution in [0.3, 0.4) is 0 Å². The Bertz CT molecular complexity index is 1150. The van der Waals surface area contributed by atoms with E-state index in [4.69, 9.17) is 8.83 Å². The second-order valence-electron chi connectivity index (χ2n) is 5.77. The van der Waals surface area contributed by atoms with Crippen molar-refractivity contribution in [1.82, 2.24) is 15.1 Å². The molecule has 0 fully saturated rings. The minimum Gasteiger partial charge on any atom is -0.458 e. The molecule has 7 nitrogen and oxygen atoms in total. The number of benzene rings is 1. The summed E-state index contributed by atoms with van der Waals surface area (Å²) in [5, 5.41) is 7.46. The lowest BCUT2D eigenvalue weighted by Gasteiger charge is -2.04. The predicted octanol–water partition coefficient (Wildman–Crippen LogP) is 2.72. The van der Waals surface area contributed by atoms with Crippen molar-refractivity contribution < 1.29 is 13.6 Å². The van der Waals surface area contributed by atoms with Crippen LogP contribution in [0.5, 0.6) is 0 Å². The van der Waals surface area contributed by atoms with Crippen molar-refractivity contribution in [3.05, 3.63) is 76.5 Å². The first kappa shape index (κ1) is 15.9. The zero-order valence-corrected chi connectivity index (χ0v) is 13.9. The van der Waals surface area contributed by atoms with Crippen molar-refractivity contribution in [3.63, 3.8) is 0 Å². The van der Waals surface area contributed by atoms with E-state index in [0.29, 0.717) is 22.5 Å². The second-order valence-corrected chi connectivity index (χ2v) is 5.77. The summed E-state index contributed by atoms with van der Waals surface area (Å²) in [5.74, 6) is 0.710. The maximum Gasteiger partial charge on any atom is 0.349 e. The Hall–Kier alpha value is -3.61. The van der Waals surface area contributed by atoms with Crippen LogP contribution in [0.15, 0.2) is 68.4 Å². The molecule has 0 aliphatic carbocycles. The SMILES string of the molecule is Cn1nccc1-c1ccc(CNC(=O)c2cc3ccccc3oc2=O)o1. The van der Waals surface area contributed by atoms with Crippen LogP contribution < -0.4 is 10.9 Å². The summed E-state index contributed by atoms with van der Waals surface area (Å²) in [6, 6.07) is 14.0. The number of nitrogens with one attached hydrogen (secondary N) is 1. The van der Waals surface area contributed by atoms with Gasteiger partial charge in [-0.3, -0.25) is 9.48 Å². The molecule has 7 heteroatoms. The summed E-state index contributed by atoms with van der Waals surface area (Å²) in [6.07, 6.45) is 1.68. The molecule has 3 aromatic heterocycles. The fraction of sp³-hybridized carbons (Fsp3) is 0.105. The highest BCUT2D eigenvalue weighted by Crippen LogP contribution is 2.21. The van der Waals surface area contributed by atoms with Gasteiger partial charge in [0.15, 0.2) is 5.76 Å². The number of hydrogen-bond donors (Lipinski definition) is 1. The number of carbonyl (C=O) groups is 1. The lowest BCUT2D eigenvalue weighted by atomic mass is 10.2. The third-order valence-electron chi connectivity index (χ3n) is 4.04. The maximum absolute atomic E-state index is 12.3. The van der Waals surface area contributed by atoms with E-state index in [2.05, 4.69) is 10.4 Å². The molecule has 1 N–H and O–H groups in total. The van der Waals surface area contributed by atoms with Crippen molar-refractivity contribution in [2.75, 3.05) is 0 Å². The standard InChI is InChI=1S/C19H15N3O4/c1-22-15(8-9-21-22)17-7-6-13(25-17)11-20-18(23)14-10-12-4-2-3-5-16(12)26-19(14)24/h2-10H,11H2,1H3,(H,20,23). The fourth-order valence-electron chi connectivity index (χ4n) is 2.71. The van der Waals surface area contributed by atoms with Crippen LogP contribution in [-0.2, 0) is 13.6 Å². The molecule has 4 rings (SSSR count).